The number of hydrogen-bond acceptors (Lipinski definition) is 2. The normalized spacial score (nSPS) is 13.5. The van der Waals surface area contributed by atoms with E-state index in [-0.39, 0.29) is 5.56 Å². The number of carboxylic acids is 1. The summed E-state index contributed by atoms with van der Waals surface area (Å²) in [5.41, 5.74) is 0.112. The van der Waals surface area contributed by atoms with Crippen LogP contribution in [-0.2, 0) is 10.3 Å². The van der Waals surface area contributed by atoms with E-state index in [0.717, 1.165) is 17.7 Å². The fraction of sp³-hybridized carbons (Fsp3) is 0.188. The minimum absolute atomic E-state index is 0.135. The van der Waals surface area contributed by atoms with E-state index < -0.39 is 23.1 Å². The molecule has 2 aromatic carbocycles. The first-order valence-corrected chi connectivity index (χ1v) is 6.37. The maximum Gasteiger partial charge on any atom is 0.333 e. The molecule has 0 saturated heterocycles. The molecule has 0 amide bonds. The van der Waals surface area contributed by atoms with Crippen LogP contribution in [0.15, 0.2) is 42.5 Å². The number of hydrogen-bond donors (Lipinski definition) is 2. The van der Waals surface area contributed by atoms with Crippen LogP contribution in [0.4, 0.5) is 14.5 Å². The molecular weight excluding hydrogens is 276 g/mol. The second-order valence-electron chi connectivity index (χ2n) is 5.05. The third-order valence-corrected chi connectivity index (χ3v) is 3.34. The monoisotopic (exact) mass is 291 g/mol. The van der Waals surface area contributed by atoms with Crippen molar-refractivity contribution in [2.75, 3.05) is 5.32 Å². The number of nitrogens with one attached hydrogen (secondary N) is 1. The first kappa shape index (κ1) is 15.0. The quantitative estimate of drug-likeness (QED) is 0.903. The molecule has 3 nitrogen and oxygen atoms in total. The van der Waals surface area contributed by atoms with Gasteiger partial charge in [0.15, 0.2) is 17.2 Å². The standard InChI is InChI=1S/C16H15F2NO2/c1-10-4-3-5-12(8-10)19-16(2,15(20)21)11-6-7-13(17)14(18)9-11/h3-9,19H,1-2H3,(H,20,21). The summed E-state index contributed by atoms with van der Waals surface area (Å²) in [5, 5.41) is 12.4. The van der Waals surface area contributed by atoms with Gasteiger partial charge in [0.25, 0.3) is 0 Å². The maximum atomic E-state index is 13.4. The second-order valence-corrected chi connectivity index (χ2v) is 5.05. The van der Waals surface area contributed by atoms with Crippen LogP contribution in [0.3, 0.4) is 0 Å². The number of rotatable bonds is 4. The molecule has 0 bridgehead atoms. The zero-order valence-electron chi connectivity index (χ0n) is 11.7. The molecule has 2 N–H and O–H groups in total. The summed E-state index contributed by atoms with van der Waals surface area (Å²) in [7, 11) is 0. The predicted molar refractivity (Wildman–Crippen MR) is 76.1 cm³/mol. The summed E-state index contributed by atoms with van der Waals surface area (Å²) < 4.78 is 26.4. The first-order valence-electron chi connectivity index (χ1n) is 6.37. The fourth-order valence-corrected chi connectivity index (χ4v) is 2.07. The third kappa shape index (κ3) is 3.02. The van der Waals surface area contributed by atoms with Gasteiger partial charge in [-0.1, -0.05) is 18.2 Å². The Kier molecular flexibility index (Phi) is 3.93. The van der Waals surface area contributed by atoms with E-state index in [2.05, 4.69) is 5.32 Å². The number of halogens is 2. The van der Waals surface area contributed by atoms with E-state index >= 15 is 0 Å². The van der Waals surface area contributed by atoms with Gasteiger partial charge in [-0.3, -0.25) is 0 Å². The highest BCUT2D eigenvalue weighted by atomic mass is 19.2. The minimum atomic E-state index is -1.57. The molecule has 110 valence electrons. The second kappa shape index (κ2) is 5.52. The van der Waals surface area contributed by atoms with Crippen molar-refractivity contribution < 1.29 is 18.7 Å². The number of benzene rings is 2. The van der Waals surface area contributed by atoms with Crippen LogP contribution in [0, 0.1) is 18.6 Å². The summed E-state index contributed by atoms with van der Waals surface area (Å²) in [6.45, 7) is 3.28. The van der Waals surface area contributed by atoms with Crippen LogP contribution in [-0.4, -0.2) is 11.1 Å². The first-order chi connectivity index (χ1) is 9.83. The van der Waals surface area contributed by atoms with E-state index in [4.69, 9.17) is 0 Å². The Hall–Kier alpha value is -2.43. The molecule has 2 aromatic rings. The van der Waals surface area contributed by atoms with E-state index in [1.54, 1.807) is 18.2 Å². The van der Waals surface area contributed by atoms with Crippen LogP contribution < -0.4 is 5.32 Å². The third-order valence-electron chi connectivity index (χ3n) is 3.34. The van der Waals surface area contributed by atoms with Crippen LogP contribution in [0.5, 0.6) is 0 Å². The molecule has 1 atom stereocenters. The van der Waals surface area contributed by atoms with E-state index in [0.29, 0.717) is 5.69 Å². The summed E-state index contributed by atoms with van der Waals surface area (Å²) >= 11 is 0. The highest BCUT2D eigenvalue weighted by molar-refractivity contribution is 5.84. The van der Waals surface area contributed by atoms with Gasteiger partial charge in [0, 0.05) is 5.69 Å². The van der Waals surface area contributed by atoms with Crippen molar-refractivity contribution in [2.45, 2.75) is 19.4 Å². The largest absolute Gasteiger partial charge is 0.479 e. The van der Waals surface area contributed by atoms with Gasteiger partial charge in [0.1, 0.15) is 0 Å². The lowest BCUT2D eigenvalue weighted by Gasteiger charge is -2.28. The smallest absolute Gasteiger partial charge is 0.333 e. The van der Waals surface area contributed by atoms with Gasteiger partial charge in [0.2, 0.25) is 0 Å². The molecule has 0 fully saturated rings. The number of carboxylic acid groups (broad SMARTS) is 1. The molecule has 0 saturated carbocycles. The summed E-state index contributed by atoms with van der Waals surface area (Å²) in [4.78, 5) is 11.6. The van der Waals surface area contributed by atoms with Gasteiger partial charge in [0.05, 0.1) is 0 Å². The zero-order chi connectivity index (χ0) is 15.6. The molecule has 0 aromatic heterocycles. The van der Waals surface area contributed by atoms with Gasteiger partial charge in [-0.2, -0.15) is 0 Å². The van der Waals surface area contributed by atoms with E-state index in [1.165, 1.54) is 13.0 Å². The topological polar surface area (TPSA) is 49.3 Å². The molecule has 0 spiro atoms. The Morgan fingerprint density at radius 2 is 1.86 bits per heavy atom. The average molecular weight is 291 g/mol. The highest BCUT2D eigenvalue weighted by Gasteiger charge is 2.35. The summed E-state index contributed by atoms with van der Waals surface area (Å²) in [5.74, 6) is -3.27. The van der Waals surface area contributed by atoms with Gasteiger partial charge in [-0.15, -0.1) is 0 Å². The Bertz CT molecular complexity index is 688. The Labute approximate surface area is 121 Å². The van der Waals surface area contributed by atoms with Crippen LogP contribution >= 0.6 is 0 Å². The van der Waals surface area contributed by atoms with E-state index in [9.17, 15) is 18.7 Å². The van der Waals surface area contributed by atoms with Crippen molar-refractivity contribution in [1.29, 1.82) is 0 Å². The van der Waals surface area contributed by atoms with Gasteiger partial charge >= 0.3 is 5.97 Å². The average Bonchev–Trinajstić information content (AvgIpc) is 2.41. The van der Waals surface area contributed by atoms with Crippen molar-refractivity contribution in [1.82, 2.24) is 0 Å². The SMILES string of the molecule is Cc1cccc(NC(C)(C(=O)O)c2ccc(F)c(F)c2)c1. The van der Waals surface area contributed by atoms with Gasteiger partial charge in [-0.25, -0.2) is 13.6 Å². The zero-order valence-corrected chi connectivity index (χ0v) is 11.7. The van der Waals surface area contributed by atoms with Crippen LogP contribution in [0.2, 0.25) is 0 Å². The molecule has 0 heterocycles. The molecule has 0 aliphatic carbocycles. The highest BCUT2D eigenvalue weighted by Crippen LogP contribution is 2.28. The number of anilines is 1. The van der Waals surface area contributed by atoms with Crippen molar-refractivity contribution in [2.24, 2.45) is 0 Å². The fourth-order valence-electron chi connectivity index (χ4n) is 2.07. The maximum absolute atomic E-state index is 13.4. The molecular formula is C16H15F2NO2. The molecule has 0 radical (unpaired) electrons. The number of aliphatic carboxylic acids is 1. The van der Waals surface area contributed by atoms with Crippen LogP contribution in [0.1, 0.15) is 18.1 Å². The Morgan fingerprint density at radius 1 is 1.14 bits per heavy atom. The Balaban J connectivity index is 2.45. The molecule has 5 heteroatoms. The minimum Gasteiger partial charge on any atom is -0.479 e. The molecule has 1 unspecified atom stereocenters. The van der Waals surface area contributed by atoms with Crippen molar-refractivity contribution in [3.8, 4) is 0 Å². The number of aryl methyl sites for hydroxylation is 1. The van der Waals surface area contributed by atoms with Crippen molar-refractivity contribution in [3.05, 3.63) is 65.2 Å². The molecule has 21 heavy (non-hydrogen) atoms. The van der Waals surface area contributed by atoms with Crippen molar-refractivity contribution >= 4 is 11.7 Å². The lowest BCUT2D eigenvalue weighted by Crippen LogP contribution is -2.40. The number of carbonyl (C=O) groups is 1. The summed E-state index contributed by atoms with van der Waals surface area (Å²) in [6, 6.07) is 10.2. The van der Waals surface area contributed by atoms with E-state index in [1.807, 2.05) is 13.0 Å². The lowest BCUT2D eigenvalue weighted by molar-refractivity contribution is -0.142. The molecule has 0 aliphatic rings. The van der Waals surface area contributed by atoms with Crippen LogP contribution in [0.25, 0.3) is 0 Å². The lowest BCUT2D eigenvalue weighted by atomic mass is 9.91. The Morgan fingerprint density at radius 3 is 2.43 bits per heavy atom. The van der Waals surface area contributed by atoms with Gasteiger partial charge < -0.3 is 10.4 Å². The summed E-state index contributed by atoms with van der Waals surface area (Å²) in [6.07, 6.45) is 0. The molecule has 0 aliphatic heterocycles. The predicted octanol–water partition coefficient (Wildman–Crippen LogP) is 3.69. The molecule has 2 rings (SSSR count). The van der Waals surface area contributed by atoms with Gasteiger partial charge in [-0.05, 0) is 49.2 Å². The van der Waals surface area contributed by atoms with Crippen molar-refractivity contribution in [3.63, 3.8) is 0 Å².